The van der Waals surface area contributed by atoms with Gasteiger partial charge in [-0.25, -0.2) is 9.97 Å². The zero-order valence-electron chi connectivity index (χ0n) is 15.1. The van der Waals surface area contributed by atoms with Crippen molar-refractivity contribution in [1.29, 1.82) is 0 Å². The van der Waals surface area contributed by atoms with Gasteiger partial charge in [-0.15, -0.1) is 0 Å². The van der Waals surface area contributed by atoms with Crippen LogP contribution < -0.4 is 10.6 Å². The standard InChI is InChI=1S/C20H16N4O2S2/c1-11(25)21-15-7-3-13(4-8-15)17-23-19-20(27-17)24-18(28-19)14-5-9-16(10-6-14)22-12(2)26/h3-10H,1-2H3,(H,21,25)(H,22,26). The van der Waals surface area contributed by atoms with Crippen LogP contribution in [0.25, 0.3) is 30.8 Å². The van der Waals surface area contributed by atoms with Gasteiger partial charge in [0.1, 0.15) is 10.0 Å². The first-order valence-electron chi connectivity index (χ1n) is 8.51. The quantitative estimate of drug-likeness (QED) is 0.497. The van der Waals surface area contributed by atoms with E-state index in [-0.39, 0.29) is 11.8 Å². The Labute approximate surface area is 169 Å². The van der Waals surface area contributed by atoms with Crippen LogP contribution in [0.15, 0.2) is 48.5 Å². The van der Waals surface area contributed by atoms with Gasteiger partial charge in [0.05, 0.1) is 0 Å². The number of thiazole rings is 2. The first-order chi connectivity index (χ1) is 13.5. The zero-order chi connectivity index (χ0) is 19.7. The third-order valence-electron chi connectivity index (χ3n) is 3.88. The molecule has 0 radical (unpaired) electrons. The molecule has 6 nitrogen and oxygen atoms in total. The summed E-state index contributed by atoms with van der Waals surface area (Å²) in [6, 6.07) is 15.2. The molecule has 0 aliphatic heterocycles. The molecule has 0 atom stereocenters. The molecule has 0 bridgehead atoms. The molecule has 140 valence electrons. The predicted molar refractivity (Wildman–Crippen MR) is 115 cm³/mol. The van der Waals surface area contributed by atoms with E-state index in [1.165, 1.54) is 13.8 Å². The number of hydrogen-bond acceptors (Lipinski definition) is 6. The summed E-state index contributed by atoms with van der Waals surface area (Å²) in [5.74, 6) is -0.186. The second-order valence-corrected chi connectivity index (χ2v) is 8.12. The minimum absolute atomic E-state index is 0.0932. The molecule has 2 aromatic carbocycles. The molecule has 2 heterocycles. The van der Waals surface area contributed by atoms with Crippen molar-refractivity contribution in [2.75, 3.05) is 10.6 Å². The maximum atomic E-state index is 11.1. The molecule has 0 fully saturated rings. The largest absolute Gasteiger partial charge is 0.326 e. The molecule has 28 heavy (non-hydrogen) atoms. The number of nitrogens with one attached hydrogen (secondary N) is 2. The average molecular weight is 409 g/mol. The van der Waals surface area contributed by atoms with E-state index >= 15 is 0 Å². The van der Waals surface area contributed by atoms with Crippen LogP contribution in [0.5, 0.6) is 0 Å². The molecule has 0 aliphatic rings. The van der Waals surface area contributed by atoms with E-state index in [0.29, 0.717) is 0 Å². The Kier molecular flexibility index (Phi) is 4.89. The number of fused-ring (bicyclic) bond motifs is 1. The summed E-state index contributed by atoms with van der Waals surface area (Å²) in [7, 11) is 0. The number of carbonyl (C=O) groups is 2. The number of hydrogen-bond donors (Lipinski definition) is 2. The fourth-order valence-corrected chi connectivity index (χ4v) is 4.74. The third kappa shape index (κ3) is 3.92. The van der Waals surface area contributed by atoms with E-state index < -0.39 is 0 Å². The van der Waals surface area contributed by atoms with Gasteiger partial charge in [-0.05, 0) is 48.5 Å². The Morgan fingerprint density at radius 1 is 0.679 bits per heavy atom. The highest BCUT2D eigenvalue weighted by Crippen LogP contribution is 2.37. The molecule has 8 heteroatoms. The Hall–Kier alpha value is -3.10. The summed E-state index contributed by atoms with van der Waals surface area (Å²) in [4.78, 5) is 33.4. The minimum atomic E-state index is -0.0932. The van der Waals surface area contributed by atoms with Crippen LogP contribution in [0.2, 0.25) is 0 Å². The monoisotopic (exact) mass is 408 g/mol. The fraction of sp³-hybridized carbons (Fsp3) is 0.100. The highest BCUT2D eigenvalue weighted by atomic mass is 32.1. The van der Waals surface area contributed by atoms with Gasteiger partial charge in [-0.3, -0.25) is 9.59 Å². The van der Waals surface area contributed by atoms with Crippen molar-refractivity contribution >= 4 is 55.5 Å². The van der Waals surface area contributed by atoms with E-state index in [9.17, 15) is 9.59 Å². The van der Waals surface area contributed by atoms with Crippen molar-refractivity contribution in [2.24, 2.45) is 0 Å². The molecule has 2 amide bonds. The van der Waals surface area contributed by atoms with Gasteiger partial charge in [0, 0.05) is 36.3 Å². The van der Waals surface area contributed by atoms with Crippen LogP contribution in [0, 0.1) is 0 Å². The zero-order valence-corrected chi connectivity index (χ0v) is 16.8. The second kappa shape index (κ2) is 7.49. The van der Waals surface area contributed by atoms with Crippen molar-refractivity contribution in [2.45, 2.75) is 13.8 Å². The van der Waals surface area contributed by atoms with Gasteiger partial charge in [0.25, 0.3) is 0 Å². The lowest BCUT2D eigenvalue weighted by atomic mass is 10.2. The van der Waals surface area contributed by atoms with Gasteiger partial charge >= 0.3 is 0 Å². The SMILES string of the molecule is CC(=O)Nc1ccc(-c2nc3sc(-c4ccc(NC(C)=O)cc4)nc3s2)cc1. The van der Waals surface area contributed by atoms with Crippen LogP contribution in [0.4, 0.5) is 11.4 Å². The van der Waals surface area contributed by atoms with E-state index in [1.807, 2.05) is 48.5 Å². The lowest BCUT2D eigenvalue weighted by molar-refractivity contribution is -0.115. The van der Waals surface area contributed by atoms with Crippen molar-refractivity contribution in [3.8, 4) is 21.1 Å². The highest BCUT2D eigenvalue weighted by molar-refractivity contribution is 7.29. The van der Waals surface area contributed by atoms with E-state index in [2.05, 4.69) is 10.6 Å². The highest BCUT2D eigenvalue weighted by Gasteiger charge is 2.13. The molecule has 0 saturated heterocycles. The van der Waals surface area contributed by atoms with Gasteiger partial charge in [-0.1, -0.05) is 22.7 Å². The number of benzene rings is 2. The van der Waals surface area contributed by atoms with Gasteiger partial charge in [0.15, 0.2) is 9.66 Å². The van der Waals surface area contributed by atoms with Crippen molar-refractivity contribution < 1.29 is 9.59 Å². The van der Waals surface area contributed by atoms with Crippen LogP contribution in [0.3, 0.4) is 0 Å². The van der Waals surface area contributed by atoms with Crippen LogP contribution >= 0.6 is 22.7 Å². The summed E-state index contributed by atoms with van der Waals surface area (Å²) in [5, 5.41) is 7.31. The molecule has 4 aromatic rings. The normalized spacial score (nSPS) is 10.8. The van der Waals surface area contributed by atoms with Crippen LogP contribution in [0.1, 0.15) is 13.8 Å². The minimum Gasteiger partial charge on any atom is -0.326 e. The number of carbonyl (C=O) groups excluding carboxylic acids is 2. The number of anilines is 2. The van der Waals surface area contributed by atoms with E-state index in [1.54, 1.807) is 22.7 Å². The summed E-state index contributed by atoms with van der Waals surface area (Å²) in [6.45, 7) is 2.97. The Morgan fingerprint density at radius 3 is 1.36 bits per heavy atom. The van der Waals surface area contributed by atoms with Crippen molar-refractivity contribution in [1.82, 2.24) is 9.97 Å². The molecule has 4 rings (SSSR count). The summed E-state index contributed by atoms with van der Waals surface area (Å²) < 4.78 is 0. The number of aromatic nitrogens is 2. The first-order valence-corrected chi connectivity index (χ1v) is 10.1. The summed E-state index contributed by atoms with van der Waals surface area (Å²) in [5.41, 5.74) is 3.51. The number of nitrogens with zero attached hydrogens (tertiary/aromatic N) is 2. The number of rotatable bonds is 4. The molecule has 0 spiro atoms. The van der Waals surface area contributed by atoms with Gasteiger partial charge in [-0.2, -0.15) is 0 Å². The third-order valence-corrected chi connectivity index (χ3v) is 6.01. The lowest BCUT2D eigenvalue weighted by Crippen LogP contribution is -2.05. The Balaban J connectivity index is 1.56. The molecule has 0 aliphatic carbocycles. The average Bonchev–Trinajstić information content (AvgIpc) is 3.21. The van der Waals surface area contributed by atoms with Gasteiger partial charge in [0.2, 0.25) is 11.8 Å². The van der Waals surface area contributed by atoms with E-state index in [4.69, 9.17) is 9.97 Å². The van der Waals surface area contributed by atoms with Gasteiger partial charge < -0.3 is 10.6 Å². The van der Waals surface area contributed by atoms with Crippen LogP contribution in [-0.4, -0.2) is 21.8 Å². The van der Waals surface area contributed by atoms with E-state index in [0.717, 1.165) is 42.2 Å². The Morgan fingerprint density at radius 2 is 1.04 bits per heavy atom. The smallest absolute Gasteiger partial charge is 0.221 e. The molecule has 2 N–H and O–H groups in total. The molecule has 0 saturated carbocycles. The second-order valence-electron chi connectivity index (χ2n) is 6.17. The maximum absolute atomic E-state index is 11.1. The van der Waals surface area contributed by atoms with Crippen LogP contribution in [-0.2, 0) is 9.59 Å². The molecular formula is C20H16N4O2S2. The number of amides is 2. The summed E-state index contributed by atoms with van der Waals surface area (Å²) >= 11 is 3.08. The topological polar surface area (TPSA) is 84.0 Å². The lowest BCUT2D eigenvalue weighted by Gasteiger charge is -2.02. The summed E-state index contributed by atoms with van der Waals surface area (Å²) in [6.07, 6.45) is 0. The fourth-order valence-electron chi connectivity index (χ4n) is 2.69. The first kappa shape index (κ1) is 18.3. The van der Waals surface area contributed by atoms with Crippen molar-refractivity contribution in [3.63, 3.8) is 0 Å². The van der Waals surface area contributed by atoms with Crippen molar-refractivity contribution in [3.05, 3.63) is 48.5 Å². The molecule has 2 aromatic heterocycles. The maximum Gasteiger partial charge on any atom is 0.221 e. The molecular weight excluding hydrogens is 392 g/mol. The molecule has 0 unspecified atom stereocenters. The Bertz CT molecular complexity index is 1040. The predicted octanol–water partition coefficient (Wildman–Crippen LogP) is 5.00.